The molecule has 0 amide bonds. The molecule has 51 nitrogen and oxygen atoms in total. The van der Waals surface area contributed by atoms with Crippen LogP contribution in [0.25, 0.3) is 0 Å². The normalized spacial score (nSPS) is 9.93. The molecule has 550 valence electrons. The minimum absolute atomic E-state index is 0.260. The molecule has 0 aliphatic rings. The number of carboxylic acids is 1. The molecule has 0 aromatic heterocycles. The number of hydrogen-bond donors (Lipinski definition) is 1. The highest BCUT2D eigenvalue weighted by Crippen LogP contribution is 2.21. The van der Waals surface area contributed by atoms with Gasteiger partial charge in [-0.05, 0) is 40.5 Å². The molecule has 51 heteroatoms. The standard InChI is InChI=1S/C40H48O49.C6H12O2/c1-5-40(2,3)24(42)59-6-7-60-25(43)62-9-64-27(45)66-11-68-29(47)70-13-72-31(49)74-15-76-33(51)78-17-80-35(53)82-19-84-37(55)86-21-88-39(57)89-22-87-38(56)85-20-83-36(54)81-18-79-34(52)77-16-75-32(50)73-14-71-30(48)69-12-67-28(46)65-10-63-26(44)61-8-23(41)58-4;1-4-6(2,3)5(7)8/h5-22H2,1-4H3;4H2,1-3H3,(H,7,8). The molecule has 0 spiro atoms. The van der Waals surface area contributed by atoms with Crippen molar-refractivity contribution in [2.75, 3.05) is 122 Å². The maximum absolute atomic E-state index is 11.8. The average Bonchev–Trinajstić information content (AvgIpc) is 1.74. The number of hydrogen-bond acceptors (Lipinski definition) is 50. The Kier molecular flexibility index (Phi) is 46.4. The van der Waals surface area contributed by atoms with E-state index >= 15 is 0 Å². The van der Waals surface area contributed by atoms with Gasteiger partial charge in [-0.3, -0.25) is 9.59 Å². The zero-order valence-corrected chi connectivity index (χ0v) is 51.3. The van der Waals surface area contributed by atoms with Gasteiger partial charge in [0.2, 0.25) is 95.1 Å². The number of carboxylic acid groups (broad SMARTS) is 1. The van der Waals surface area contributed by atoms with Gasteiger partial charge in [-0.2, -0.15) is 0 Å². The van der Waals surface area contributed by atoms with E-state index in [9.17, 15) is 86.3 Å². The fourth-order valence-electron chi connectivity index (χ4n) is 3.31. The fourth-order valence-corrected chi connectivity index (χ4v) is 3.31. The third-order valence-electron chi connectivity index (χ3n) is 8.92. The molecule has 97 heavy (non-hydrogen) atoms. The number of esters is 2. The van der Waals surface area contributed by atoms with Crippen LogP contribution in [-0.4, -0.2) is 237 Å². The largest absolute Gasteiger partial charge is 0.514 e. The van der Waals surface area contributed by atoms with Crippen LogP contribution in [0, 0.1) is 10.8 Å². The van der Waals surface area contributed by atoms with Gasteiger partial charge in [-0.25, -0.2) is 76.7 Å². The van der Waals surface area contributed by atoms with Crippen LogP contribution in [0.3, 0.4) is 0 Å². The quantitative estimate of drug-likeness (QED) is 0.0391. The maximum atomic E-state index is 11.8. The molecule has 0 fully saturated rings. The first-order valence-electron chi connectivity index (χ1n) is 25.3. The molecule has 0 saturated heterocycles. The van der Waals surface area contributed by atoms with Crippen molar-refractivity contribution < 1.29 is 243 Å². The highest BCUT2D eigenvalue weighted by Gasteiger charge is 2.27. The predicted octanol–water partition coefficient (Wildman–Crippen LogP) is 4.35. The lowest BCUT2D eigenvalue weighted by atomic mass is 9.91. The Morgan fingerprint density at radius 1 is 0.237 bits per heavy atom. The highest BCUT2D eigenvalue weighted by molar-refractivity contribution is 5.76. The summed E-state index contributed by atoms with van der Waals surface area (Å²) in [7, 11) is 1.02. The molecule has 1 N–H and O–H groups in total. The molecule has 0 saturated carbocycles. The molecule has 0 rings (SSSR count). The van der Waals surface area contributed by atoms with Gasteiger partial charge < -0.3 is 157 Å². The van der Waals surface area contributed by atoms with E-state index < -0.39 is 223 Å². The van der Waals surface area contributed by atoms with Crippen LogP contribution in [-0.2, 0) is 166 Å². The van der Waals surface area contributed by atoms with Crippen LogP contribution in [0.1, 0.15) is 54.4 Å². The van der Waals surface area contributed by atoms with Crippen LogP contribution < -0.4 is 0 Å². The summed E-state index contributed by atoms with van der Waals surface area (Å²) in [4.78, 5) is 204. The first kappa shape index (κ1) is 86.5. The summed E-state index contributed by atoms with van der Waals surface area (Å²) >= 11 is 0. The van der Waals surface area contributed by atoms with E-state index in [0.717, 1.165) is 7.11 Å². The van der Waals surface area contributed by atoms with Crippen molar-refractivity contribution in [3.05, 3.63) is 0 Å². The van der Waals surface area contributed by atoms with Gasteiger partial charge in [-0.15, -0.1) is 0 Å². The summed E-state index contributed by atoms with van der Waals surface area (Å²) < 4.78 is 138. The van der Waals surface area contributed by atoms with Gasteiger partial charge in [0.1, 0.15) is 13.2 Å². The van der Waals surface area contributed by atoms with Crippen molar-refractivity contribution in [1.29, 1.82) is 0 Å². The van der Waals surface area contributed by atoms with Crippen LogP contribution in [0.5, 0.6) is 0 Å². The Morgan fingerprint density at radius 2 is 0.392 bits per heavy atom. The number of carbonyl (C=O) groups excluding carboxylic acids is 17. The van der Waals surface area contributed by atoms with Crippen molar-refractivity contribution in [2.24, 2.45) is 10.8 Å². The van der Waals surface area contributed by atoms with E-state index in [2.05, 4.69) is 147 Å². The van der Waals surface area contributed by atoms with Crippen molar-refractivity contribution >= 4 is 110 Å². The first-order chi connectivity index (χ1) is 45.8. The third kappa shape index (κ3) is 51.7. The van der Waals surface area contributed by atoms with Gasteiger partial charge in [0.15, 0.2) is 6.61 Å². The molecule has 0 unspecified atom stereocenters. The SMILES string of the molecule is CCC(C)(C)C(=O)O.CCC(C)(C)C(=O)OCCOC(=O)OCOC(=O)OCOC(=O)OCOC(=O)OCOC(=O)OCOC(=O)OCOC(=O)OCOC(=O)OCOC(=O)OCOC(=O)OCOC(=O)OCOC(=O)OCOC(=O)OCOC(=O)OCOC(=O)OCC(=O)OC. The van der Waals surface area contributed by atoms with E-state index in [1.807, 2.05) is 6.92 Å². The summed E-state index contributed by atoms with van der Waals surface area (Å²) in [5, 5.41) is 8.44. The summed E-state index contributed by atoms with van der Waals surface area (Å²) in [5.74, 6) is -2.14. The van der Waals surface area contributed by atoms with Gasteiger partial charge in [0, 0.05) is 0 Å². The Balaban J connectivity index is 0. The Morgan fingerprint density at radius 3 is 0.536 bits per heavy atom. The summed E-state index contributed by atoms with van der Waals surface area (Å²) in [5.41, 5.74) is -1.27. The Bertz CT molecular complexity index is 2550. The monoisotopic (exact) mass is 1430 g/mol. The number of methoxy groups -OCH3 is 1. The molecule has 0 atom stereocenters. The summed E-state index contributed by atoms with van der Waals surface area (Å²) in [6.45, 7) is -6.91. The molecular weight excluding hydrogens is 1370 g/mol. The van der Waals surface area contributed by atoms with Crippen LogP contribution in [0.4, 0.5) is 71.9 Å². The molecule has 0 bridgehead atoms. The van der Waals surface area contributed by atoms with E-state index in [-0.39, 0.29) is 13.2 Å². The maximum Gasteiger partial charge on any atom is 0.514 e. The second-order valence-corrected chi connectivity index (χ2v) is 16.1. The first-order valence-corrected chi connectivity index (χ1v) is 25.3. The fraction of sp³-hybridized carbons (Fsp3) is 0.609. The van der Waals surface area contributed by atoms with E-state index in [0.29, 0.717) is 12.8 Å². The van der Waals surface area contributed by atoms with Crippen molar-refractivity contribution in [3.8, 4) is 0 Å². The number of ether oxygens (including phenoxy) is 32. The third-order valence-corrected chi connectivity index (χ3v) is 8.92. The smallest absolute Gasteiger partial charge is 0.481 e. The van der Waals surface area contributed by atoms with E-state index in [1.165, 1.54) is 0 Å². The molecule has 0 aromatic rings. The van der Waals surface area contributed by atoms with Crippen LogP contribution in [0.15, 0.2) is 0 Å². The minimum atomic E-state index is -1.62. The van der Waals surface area contributed by atoms with Crippen molar-refractivity contribution in [1.82, 2.24) is 0 Å². The van der Waals surface area contributed by atoms with Gasteiger partial charge in [0.25, 0.3) is 0 Å². The highest BCUT2D eigenvalue weighted by atomic mass is 16.9. The molecule has 0 aliphatic carbocycles. The molecule has 0 radical (unpaired) electrons. The number of rotatable bonds is 37. The van der Waals surface area contributed by atoms with Crippen molar-refractivity contribution in [3.63, 3.8) is 0 Å². The molecular formula is C46H60O51. The average molecular weight is 1430 g/mol. The topological polar surface area (TPSA) is 623 Å². The lowest BCUT2D eigenvalue weighted by molar-refractivity contribution is -0.155. The Labute approximate surface area is 540 Å². The lowest BCUT2D eigenvalue weighted by Gasteiger charge is -2.20. The second kappa shape index (κ2) is 52.0. The molecule has 0 aromatic carbocycles. The number of carbonyl (C=O) groups is 18. The molecule has 0 aliphatic heterocycles. The lowest BCUT2D eigenvalue weighted by Crippen LogP contribution is -2.27. The van der Waals surface area contributed by atoms with E-state index in [1.54, 1.807) is 34.6 Å². The van der Waals surface area contributed by atoms with Gasteiger partial charge in [0.05, 0.1) is 17.9 Å². The summed E-state index contributed by atoms with van der Waals surface area (Å²) in [6, 6.07) is 0. The van der Waals surface area contributed by atoms with E-state index in [4.69, 9.17) is 9.84 Å². The zero-order chi connectivity index (χ0) is 73.5. The van der Waals surface area contributed by atoms with Gasteiger partial charge in [-0.1, -0.05) is 13.8 Å². The Hall–Kier alpha value is -12.5. The minimum Gasteiger partial charge on any atom is -0.481 e. The van der Waals surface area contributed by atoms with Crippen molar-refractivity contribution in [2.45, 2.75) is 54.4 Å². The predicted molar refractivity (Wildman–Crippen MR) is 270 cm³/mol. The summed E-state index contributed by atoms with van der Waals surface area (Å²) in [6.07, 6.45) is -22.0. The van der Waals surface area contributed by atoms with Crippen LogP contribution in [0.2, 0.25) is 0 Å². The second-order valence-electron chi connectivity index (χ2n) is 16.1. The van der Waals surface area contributed by atoms with Crippen LogP contribution >= 0.6 is 0 Å². The number of aliphatic carboxylic acids is 1. The van der Waals surface area contributed by atoms with Gasteiger partial charge >= 0.3 is 110 Å². The zero-order valence-electron chi connectivity index (χ0n) is 51.3. The molecule has 0 heterocycles.